The summed E-state index contributed by atoms with van der Waals surface area (Å²) in [5.41, 5.74) is 7.67. The van der Waals surface area contributed by atoms with Crippen LogP contribution in [-0.4, -0.2) is 18.0 Å². The first kappa shape index (κ1) is 35.0. The Morgan fingerprint density at radius 1 is 0.776 bits per heavy atom. The van der Waals surface area contributed by atoms with Crippen molar-refractivity contribution < 1.29 is 24.5 Å². The van der Waals surface area contributed by atoms with Crippen molar-refractivity contribution in [3.05, 3.63) is 139 Å². The van der Waals surface area contributed by atoms with Crippen LogP contribution in [0.25, 0.3) is 53.8 Å². The zero-order valence-corrected chi connectivity index (χ0v) is 32.3. The zero-order valence-electron chi connectivity index (χ0n) is 28.1. The Morgan fingerprint density at radius 3 is 2.29 bits per heavy atom. The van der Waals surface area contributed by atoms with Crippen LogP contribution >= 0.6 is 11.3 Å². The fourth-order valence-corrected chi connectivity index (χ4v) is 8.87. The second kappa shape index (κ2) is 15.4. The topological polar surface area (TPSA) is 25.8 Å². The van der Waals surface area contributed by atoms with E-state index >= 15 is 0 Å². The van der Waals surface area contributed by atoms with Crippen molar-refractivity contribution >= 4 is 44.8 Å². The molecule has 0 bridgehead atoms. The number of pyridine rings is 2. The van der Waals surface area contributed by atoms with Gasteiger partial charge in [-0.05, 0) is 74.4 Å². The molecule has 0 unspecified atom stereocenters. The van der Waals surface area contributed by atoms with Crippen LogP contribution in [0.4, 0.5) is 4.39 Å². The summed E-state index contributed by atoms with van der Waals surface area (Å²) < 4.78 is 15.8. The molecule has 0 saturated heterocycles. The first-order chi connectivity index (χ1) is 23.3. The van der Waals surface area contributed by atoms with E-state index in [0.29, 0.717) is 0 Å². The summed E-state index contributed by atoms with van der Waals surface area (Å²) in [6, 6.07) is 40.7. The molecule has 1 radical (unpaired) electrons. The average molecular weight is 855 g/mol. The summed E-state index contributed by atoms with van der Waals surface area (Å²) in [4.78, 5) is 9.24. The Hall–Kier alpha value is -3.80. The van der Waals surface area contributed by atoms with E-state index < -0.39 is 8.07 Å². The van der Waals surface area contributed by atoms with Crippen molar-refractivity contribution in [3.8, 4) is 33.6 Å². The number of rotatable bonds is 6. The fraction of sp³-hybridized carbons (Fsp3) is 0.209. The molecule has 249 valence electrons. The zero-order chi connectivity index (χ0) is 33.1. The van der Waals surface area contributed by atoms with E-state index in [1.165, 1.54) is 68.7 Å². The van der Waals surface area contributed by atoms with Gasteiger partial charge in [0.1, 0.15) is 5.82 Å². The van der Waals surface area contributed by atoms with Gasteiger partial charge in [0.15, 0.2) is 0 Å². The summed E-state index contributed by atoms with van der Waals surface area (Å²) in [7, 11) is -1.23. The third-order valence-corrected chi connectivity index (χ3v) is 12.5. The van der Waals surface area contributed by atoms with Crippen LogP contribution in [0.2, 0.25) is 19.6 Å². The quantitative estimate of drug-likeness (QED) is 0.123. The smallest absolute Gasteiger partial charge is 0.123 e. The summed E-state index contributed by atoms with van der Waals surface area (Å²) in [5, 5.41) is 3.88. The van der Waals surface area contributed by atoms with E-state index in [9.17, 15) is 4.39 Å². The number of nitrogens with zero attached hydrogens (tertiary/aromatic N) is 2. The van der Waals surface area contributed by atoms with Crippen molar-refractivity contribution in [2.24, 2.45) is 5.92 Å². The molecular formula is C43H39FIrN2SSi-2. The van der Waals surface area contributed by atoms with Gasteiger partial charge in [-0.2, -0.15) is 11.3 Å². The molecule has 1 saturated carbocycles. The van der Waals surface area contributed by atoms with E-state index in [0.717, 1.165) is 46.0 Å². The van der Waals surface area contributed by atoms with Crippen LogP contribution in [0.1, 0.15) is 31.2 Å². The molecule has 3 aromatic heterocycles. The van der Waals surface area contributed by atoms with Gasteiger partial charge in [0.05, 0.1) is 8.07 Å². The van der Waals surface area contributed by atoms with Crippen molar-refractivity contribution in [3.63, 3.8) is 0 Å². The van der Waals surface area contributed by atoms with Crippen molar-refractivity contribution in [2.45, 2.75) is 51.7 Å². The van der Waals surface area contributed by atoms with Crippen LogP contribution < -0.4 is 5.19 Å². The van der Waals surface area contributed by atoms with Crippen molar-refractivity contribution in [1.82, 2.24) is 9.97 Å². The number of thiophene rings is 1. The van der Waals surface area contributed by atoms with Gasteiger partial charge in [0.2, 0.25) is 0 Å². The normalized spacial score (nSPS) is 13.2. The maximum Gasteiger partial charge on any atom is 0.123 e. The van der Waals surface area contributed by atoms with Gasteiger partial charge < -0.3 is 9.97 Å². The standard InChI is InChI=1S/C29H23FNS.C14H16NSi.Ir/c30-23-11-8-21(9-12-23)22-10-13-24-25-6-3-7-26(29(25)32-28(24)18-22)27-17-20(14-15-31-27)16-19-4-1-2-5-19;1-16(2,3)13-9-10-14(15-11-13)12-7-5-4-6-8-12;/h3,6,8-15,17-19H,1-2,4-5,16H2;4-7,9-11H,1-3H3;/q2*-1;. The Bertz CT molecular complexity index is 2150. The van der Waals surface area contributed by atoms with Crippen molar-refractivity contribution in [2.75, 3.05) is 0 Å². The number of halogens is 1. The Kier molecular flexibility index (Phi) is 11.0. The number of hydrogen-bond donors (Lipinski definition) is 0. The Labute approximate surface area is 307 Å². The first-order valence-electron chi connectivity index (χ1n) is 16.8. The predicted molar refractivity (Wildman–Crippen MR) is 204 cm³/mol. The molecule has 0 atom stereocenters. The molecule has 49 heavy (non-hydrogen) atoms. The molecule has 3 heterocycles. The molecule has 0 N–H and O–H groups in total. The predicted octanol–water partition coefficient (Wildman–Crippen LogP) is 11.5. The van der Waals surface area contributed by atoms with Gasteiger partial charge in [0, 0.05) is 37.2 Å². The van der Waals surface area contributed by atoms with Gasteiger partial charge in [-0.25, -0.2) is 4.39 Å². The summed E-state index contributed by atoms with van der Waals surface area (Å²) >= 11 is 1.79. The summed E-state index contributed by atoms with van der Waals surface area (Å²) in [6.45, 7) is 7.00. The number of hydrogen-bond acceptors (Lipinski definition) is 3. The Morgan fingerprint density at radius 2 is 1.57 bits per heavy atom. The minimum Gasteiger partial charge on any atom is -0.305 e. The maximum atomic E-state index is 13.3. The number of aromatic nitrogens is 2. The van der Waals surface area contributed by atoms with Gasteiger partial charge in [-0.3, -0.25) is 0 Å². The van der Waals surface area contributed by atoms with E-state index in [4.69, 9.17) is 4.98 Å². The largest absolute Gasteiger partial charge is 0.305 e. The maximum absolute atomic E-state index is 13.3. The third-order valence-electron chi connectivity index (χ3n) is 9.30. The van der Waals surface area contributed by atoms with E-state index in [2.05, 4.69) is 85.3 Å². The van der Waals surface area contributed by atoms with Crippen LogP contribution in [0, 0.1) is 23.9 Å². The summed E-state index contributed by atoms with van der Waals surface area (Å²) in [6.07, 6.45) is 10.6. The minimum absolute atomic E-state index is 0. The molecule has 7 aromatic rings. The van der Waals surface area contributed by atoms with E-state index in [-0.39, 0.29) is 25.9 Å². The van der Waals surface area contributed by atoms with Gasteiger partial charge in [0.25, 0.3) is 0 Å². The molecule has 8 rings (SSSR count). The van der Waals surface area contributed by atoms with Crippen LogP contribution in [-0.2, 0) is 26.5 Å². The molecule has 1 fully saturated rings. The Balaban J connectivity index is 0.000000208. The minimum atomic E-state index is -1.23. The van der Waals surface area contributed by atoms with Gasteiger partial charge in [-0.1, -0.05) is 98.7 Å². The molecule has 6 heteroatoms. The molecule has 4 aromatic carbocycles. The van der Waals surface area contributed by atoms with E-state index in [1.807, 2.05) is 54.9 Å². The molecule has 1 aliphatic rings. The molecule has 2 nitrogen and oxygen atoms in total. The van der Waals surface area contributed by atoms with Crippen LogP contribution in [0.5, 0.6) is 0 Å². The second-order valence-electron chi connectivity index (χ2n) is 13.8. The second-order valence-corrected chi connectivity index (χ2v) is 19.9. The number of fused-ring (bicyclic) bond motifs is 3. The van der Waals surface area contributed by atoms with E-state index in [1.54, 1.807) is 11.3 Å². The molecule has 0 amide bonds. The van der Waals surface area contributed by atoms with Gasteiger partial charge >= 0.3 is 0 Å². The fourth-order valence-electron chi connectivity index (χ4n) is 6.59. The van der Waals surface area contributed by atoms with Crippen LogP contribution in [0.15, 0.2) is 116 Å². The van der Waals surface area contributed by atoms with Crippen molar-refractivity contribution in [1.29, 1.82) is 0 Å². The monoisotopic (exact) mass is 855 g/mol. The molecule has 0 aliphatic heterocycles. The van der Waals surface area contributed by atoms with Gasteiger partial charge in [-0.15, -0.1) is 59.7 Å². The molecule has 0 spiro atoms. The molecule has 1 aliphatic carbocycles. The van der Waals surface area contributed by atoms with Crippen LogP contribution in [0.3, 0.4) is 0 Å². The number of benzene rings is 4. The average Bonchev–Trinajstić information content (AvgIpc) is 3.76. The summed E-state index contributed by atoms with van der Waals surface area (Å²) in [5.74, 6) is 0.610. The third kappa shape index (κ3) is 8.16. The SMILES string of the molecule is C[Si](C)(C)c1ccc(-c2[c-]cccc2)nc1.Fc1ccc(-c2ccc3c(c2)sc2c(-c4cc(CC5CCCC5)ccn4)[c-]ccc23)cc1.[Ir]. The first-order valence-corrected chi connectivity index (χ1v) is 21.2. The molecular weight excluding hydrogens is 816 g/mol.